The number of carboxylic acid groups (broad SMARTS) is 1. The van der Waals surface area contributed by atoms with Gasteiger partial charge in [-0.1, -0.05) is 30.3 Å². The van der Waals surface area contributed by atoms with E-state index >= 15 is 0 Å². The molecule has 0 radical (unpaired) electrons. The molecule has 3 nitrogen and oxygen atoms in total. The molecule has 0 aromatic heterocycles. The zero-order valence-electron chi connectivity index (χ0n) is 10.7. The van der Waals surface area contributed by atoms with Crippen LogP contribution in [0.5, 0.6) is 0 Å². The molecule has 0 bridgehead atoms. The Morgan fingerprint density at radius 2 is 1.88 bits per heavy atom. The summed E-state index contributed by atoms with van der Waals surface area (Å²) >= 11 is 0. The second-order valence-electron chi connectivity index (χ2n) is 5.31. The Morgan fingerprint density at radius 1 is 1.29 bits per heavy atom. The lowest BCUT2D eigenvalue weighted by atomic mass is 10.0. The first-order valence-electron chi connectivity index (χ1n) is 5.93. The highest BCUT2D eigenvalue weighted by molar-refractivity contribution is 5.73. The van der Waals surface area contributed by atoms with Crippen molar-refractivity contribution in [1.29, 1.82) is 0 Å². The third-order valence-electron chi connectivity index (χ3n) is 2.47. The third kappa shape index (κ3) is 5.50. The minimum absolute atomic E-state index is 0.181. The van der Waals surface area contributed by atoms with Gasteiger partial charge < -0.3 is 5.11 Å². The van der Waals surface area contributed by atoms with E-state index in [1.165, 1.54) is 5.56 Å². The highest BCUT2D eigenvalue weighted by Crippen LogP contribution is 2.09. The first-order valence-corrected chi connectivity index (χ1v) is 5.93. The van der Waals surface area contributed by atoms with Crippen molar-refractivity contribution in [2.75, 3.05) is 0 Å². The summed E-state index contributed by atoms with van der Waals surface area (Å²) in [4.78, 5) is 11.1. The van der Waals surface area contributed by atoms with Gasteiger partial charge in [0.25, 0.3) is 0 Å². The molecule has 1 rings (SSSR count). The first-order chi connectivity index (χ1) is 7.88. The topological polar surface area (TPSA) is 49.3 Å². The third-order valence-corrected chi connectivity index (χ3v) is 2.47. The summed E-state index contributed by atoms with van der Waals surface area (Å²) in [5.41, 5.74) is 0.995. The van der Waals surface area contributed by atoms with E-state index in [2.05, 4.69) is 5.32 Å². The Balaban J connectivity index is 2.54. The van der Waals surface area contributed by atoms with Crippen molar-refractivity contribution >= 4 is 5.97 Å². The second-order valence-corrected chi connectivity index (χ2v) is 5.31. The van der Waals surface area contributed by atoms with Gasteiger partial charge in [-0.2, -0.15) is 0 Å². The maximum Gasteiger partial charge on any atom is 0.320 e. The molecule has 1 unspecified atom stereocenters. The molecule has 3 heteroatoms. The van der Waals surface area contributed by atoms with E-state index < -0.39 is 12.0 Å². The maximum atomic E-state index is 11.1. The van der Waals surface area contributed by atoms with Crippen LogP contribution in [0.2, 0.25) is 0 Å². The normalized spacial score (nSPS) is 13.4. The Kier molecular flexibility index (Phi) is 4.70. The Labute approximate surface area is 103 Å². The predicted octanol–water partition coefficient (Wildman–Crippen LogP) is 2.46. The van der Waals surface area contributed by atoms with E-state index in [0.29, 0.717) is 6.42 Å². The van der Waals surface area contributed by atoms with E-state index in [9.17, 15) is 4.79 Å². The van der Waals surface area contributed by atoms with Crippen LogP contribution in [0.3, 0.4) is 0 Å². The van der Waals surface area contributed by atoms with Crippen molar-refractivity contribution in [3.63, 3.8) is 0 Å². The van der Waals surface area contributed by atoms with E-state index in [0.717, 1.165) is 6.42 Å². The molecule has 1 aromatic rings. The van der Waals surface area contributed by atoms with Gasteiger partial charge in [0.05, 0.1) is 0 Å². The summed E-state index contributed by atoms with van der Waals surface area (Å²) in [6.07, 6.45) is 1.39. The number of aryl methyl sites for hydroxylation is 1. The molecule has 0 saturated carbocycles. The SMILES string of the molecule is CC(C)(C)NC(CCc1ccccc1)C(=O)O. The van der Waals surface area contributed by atoms with Gasteiger partial charge in [-0.15, -0.1) is 0 Å². The molecule has 0 aliphatic rings. The number of nitrogens with one attached hydrogen (secondary N) is 1. The van der Waals surface area contributed by atoms with E-state index in [4.69, 9.17) is 5.11 Å². The van der Waals surface area contributed by atoms with Crippen LogP contribution in [0.15, 0.2) is 30.3 Å². The van der Waals surface area contributed by atoms with Crippen LogP contribution in [-0.4, -0.2) is 22.7 Å². The average Bonchev–Trinajstić information content (AvgIpc) is 2.24. The fourth-order valence-electron chi connectivity index (χ4n) is 1.74. The lowest BCUT2D eigenvalue weighted by Crippen LogP contribution is -2.47. The molecule has 1 atom stereocenters. The van der Waals surface area contributed by atoms with Crippen molar-refractivity contribution < 1.29 is 9.90 Å². The van der Waals surface area contributed by atoms with Crippen LogP contribution in [-0.2, 0) is 11.2 Å². The molecular weight excluding hydrogens is 214 g/mol. The number of rotatable bonds is 5. The summed E-state index contributed by atoms with van der Waals surface area (Å²) < 4.78 is 0. The van der Waals surface area contributed by atoms with E-state index in [1.807, 2.05) is 51.1 Å². The number of benzene rings is 1. The Morgan fingerprint density at radius 3 is 2.35 bits per heavy atom. The summed E-state index contributed by atoms with van der Waals surface area (Å²) in [5, 5.41) is 12.3. The van der Waals surface area contributed by atoms with Gasteiger partial charge in [0, 0.05) is 5.54 Å². The number of hydrogen-bond acceptors (Lipinski definition) is 2. The zero-order valence-corrected chi connectivity index (χ0v) is 10.7. The fourth-order valence-corrected chi connectivity index (χ4v) is 1.74. The molecule has 0 amide bonds. The molecule has 1 aromatic carbocycles. The fraction of sp³-hybridized carbons (Fsp3) is 0.500. The summed E-state index contributed by atoms with van der Waals surface area (Å²) in [6, 6.07) is 9.47. The molecule has 17 heavy (non-hydrogen) atoms. The molecule has 0 aliphatic carbocycles. The highest BCUT2D eigenvalue weighted by Gasteiger charge is 2.22. The summed E-state index contributed by atoms with van der Waals surface area (Å²) in [7, 11) is 0. The van der Waals surface area contributed by atoms with Crippen molar-refractivity contribution in [2.24, 2.45) is 0 Å². The zero-order chi connectivity index (χ0) is 12.9. The summed E-state index contributed by atoms with van der Waals surface area (Å²) in [5.74, 6) is -0.782. The van der Waals surface area contributed by atoms with Gasteiger partial charge >= 0.3 is 5.97 Å². The Bertz CT molecular complexity index is 354. The monoisotopic (exact) mass is 235 g/mol. The Hall–Kier alpha value is -1.35. The molecule has 2 N–H and O–H groups in total. The average molecular weight is 235 g/mol. The van der Waals surface area contributed by atoms with Crippen LogP contribution in [0.25, 0.3) is 0 Å². The number of hydrogen-bond donors (Lipinski definition) is 2. The van der Waals surface area contributed by atoms with Crippen LogP contribution in [0.4, 0.5) is 0 Å². The van der Waals surface area contributed by atoms with E-state index in [-0.39, 0.29) is 5.54 Å². The van der Waals surface area contributed by atoms with Gasteiger partial charge in [-0.3, -0.25) is 10.1 Å². The molecular formula is C14H21NO2. The molecule has 0 fully saturated rings. The van der Waals surface area contributed by atoms with E-state index in [1.54, 1.807) is 0 Å². The van der Waals surface area contributed by atoms with Gasteiger partial charge in [-0.05, 0) is 39.2 Å². The molecule has 0 heterocycles. The van der Waals surface area contributed by atoms with Crippen LogP contribution >= 0.6 is 0 Å². The lowest BCUT2D eigenvalue weighted by molar-refractivity contribution is -0.140. The summed E-state index contributed by atoms with van der Waals surface area (Å²) in [6.45, 7) is 5.93. The van der Waals surface area contributed by atoms with Gasteiger partial charge in [-0.25, -0.2) is 0 Å². The van der Waals surface area contributed by atoms with Crippen LogP contribution in [0, 0.1) is 0 Å². The van der Waals surface area contributed by atoms with Gasteiger partial charge in [0.2, 0.25) is 0 Å². The molecule has 0 saturated heterocycles. The number of aliphatic carboxylic acids is 1. The van der Waals surface area contributed by atoms with Crippen molar-refractivity contribution in [3.05, 3.63) is 35.9 Å². The first kappa shape index (κ1) is 13.7. The standard InChI is InChI=1S/C14H21NO2/c1-14(2,3)15-12(13(16)17)10-9-11-7-5-4-6-8-11/h4-8,12,15H,9-10H2,1-3H3,(H,16,17). The van der Waals surface area contributed by atoms with Gasteiger partial charge in [0.15, 0.2) is 0 Å². The second kappa shape index (κ2) is 5.82. The quantitative estimate of drug-likeness (QED) is 0.824. The van der Waals surface area contributed by atoms with Crippen LogP contribution < -0.4 is 5.32 Å². The molecule has 0 aliphatic heterocycles. The molecule has 94 valence electrons. The van der Waals surface area contributed by atoms with Gasteiger partial charge in [0.1, 0.15) is 6.04 Å². The van der Waals surface area contributed by atoms with Crippen LogP contribution in [0.1, 0.15) is 32.8 Å². The minimum atomic E-state index is -0.782. The molecule has 0 spiro atoms. The smallest absolute Gasteiger partial charge is 0.320 e. The van der Waals surface area contributed by atoms with Crippen molar-refractivity contribution in [2.45, 2.75) is 45.2 Å². The van der Waals surface area contributed by atoms with Crippen molar-refractivity contribution in [1.82, 2.24) is 5.32 Å². The maximum absolute atomic E-state index is 11.1. The largest absolute Gasteiger partial charge is 0.480 e. The highest BCUT2D eigenvalue weighted by atomic mass is 16.4. The number of carboxylic acids is 1. The predicted molar refractivity (Wildman–Crippen MR) is 69.1 cm³/mol. The van der Waals surface area contributed by atoms with Crippen molar-refractivity contribution in [3.8, 4) is 0 Å². The number of carbonyl (C=O) groups is 1. The lowest BCUT2D eigenvalue weighted by Gasteiger charge is -2.26. The minimum Gasteiger partial charge on any atom is -0.480 e.